The molecule has 0 aliphatic heterocycles. The third kappa shape index (κ3) is 8.59. The summed E-state index contributed by atoms with van der Waals surface area (Å²) in [6.45, 7) is 0.189. The smallest absolute Gasteiger partial charge is 0.307 e. The number of hydrogen-bond donors (Lipinski definition) is 4. The zero-order valence-electron chi connectivity index (χ0n) is 20.5. The molecule has 0 radical (unpaired) electrons. The van der Waals surface area contributed by atoms with Crippen molar-refractivity contribution in [2.24, 2.45) is 0 Å². The number of nitrogens with two attached hydrogens (primary N) is 2. The van der Waals surface area contributed by atoms with Gasteiger partial charge in [-0.3, -0.25) is 19.2 Å². The van der Waals surface area contributed by atoms with Gasteiger partial charge in [-0.2, -0.15) is 0 Å². The number of carbonyl (C=O) groups is 4. The van der Waals surface area contributed by atoms with Crippen LogP contribution in [0.4, 0.5) is 11.6 Å². The van der Waals surface area contributed by atoms with E-state index in [1.807, 2.05) is 60.7 Å². The van der Waals surface area contributed by atoms with Crippen LogP contribution >= 0.6 is 0 Å². The van der Waals surface area contributed by atoms with Crippen molar-refractivity contribution in [1.29, 1.82) is 0 Å². The Morgan fingerprint density at radius 3 is 1.37 bits per heavy atom. The molecule has 6 N–H and O–H groups in total. The zero-order chi connectivity index (χ0) is 27.3. The fourth-order valence-electron chi connectivity index (χ4n) is 3.14. The number of benzene rings is 2. The van der Waals surface area contributed by atoms with Crippen LogP contribution in [-0.2, 0) is 32.3 Å². The van der Waals surface area contributed by atoms with Crippen LogP contribution in [0.2, 0.25) is 0 Å². The van der Waals surface area contributed by atoms with E-state index in [9.17, 15) is 19.2 Å². The average molecular weight is 521 g/mol. The molecule has 0 aliphatic carbocycles. The van der Waals surface area contributed by atoms with Gasteiger partial charge in [-0.05, 0) is 11.1 Å². The van der Waals surface area contributed by atoms with E-state index >= 15 is 0 Å². The lowest BCUT2D eigenvalue weighted by molar-refractivity contribution is -0.145. The number of hydrogen-bond acceptors (Lipinski definition) is 10. The summed E-state index contributed by atoms with van der Waals surface area (Å²) < 4.78 is 10.3. The number of nitrogens with one attached hydrogen (secondary N) is 2. The predicted octanol–water partition coefficient (Wildman–Crippen LogP) is 1.37. The van der Waals surface area contributed by atoms with Crippen LogP contribution in [0, 0.1) is 0 Å². The second kappa shape index (κ2) is 13.9. The van der Waals surface area contributed by atoms with Crippen LogP contribution in [0.15, 0.2) is 60.7 Å². The third-order valence-electron chi connectivity index (χ3n) is 5.09. The Balaban J connectivity index is 1.42. The van der Waals surface area contributed by atoms with Crippen molar-refractivity contribution in [1.82, 2.24) is 20.6 Å². The summed E-state index contributed by atoms with van der Waals surface area (Å²) in [5.74, 6) is -3.07. The molecular weight excluding hydrogens is 492 g/mol. The van der Waals surface area contributed by atoms with E-state index in [2.05, 4.69) is 20.6 Å². The molecule has 198 valence electrons. The molecule has 0 unspecified atom stereocenters. The molecule has 0 fully saturated rings. The molecular formula is C26H28N6O6. The summed E-state index contributed by atoms with van der Waals surface area (Å²) in [5, 5.41) is 4.97. The summed E-state index contributed by atoms with van der Waals surface area (Å²) in [4.78, 5) is 56.4. The maximum Gasteiger partial charge on any atom is 0.307 e. The maximum atomic E-state index is 12.4. The van der Waals surface area contributed by atoms with Gasteiger partial charge in [0.2, 0.25) is 0 Å². The van der Waals surface area contributed by atoms with Crippen molar-refractivity contribution in [3.63, 3.8) is 0 Å². The van der Waals surface area contributed by atoms with Gasteiger partial charge in [0.1, 0.15) is 13.2 Å². The minimum atomic E-state index is -0.717. The van der Waals surface area contributed by atoms with Crippen LogP contribution in [0.5, 0.6) is 0 Å². The van der Waals surface area contributed by atoms with Gasteiger partial charge in [-0.1, -0.05) is 60.7 Å². The van der Waals surface area contributed by atoms with E-state index < -0.39 is 23.8 Å². The van der Waals surface area contributed by atoms with Crippen molar-refractivity contribution < 1.29 is 28.7 Å². The van der Waals surface area contributed by atoms with E-state index in [0.717, 1.165) is 11.1 Å². The summed E-state index contributed by atoms with van der Waals surface area (Å²) in [6.07, 6.45) is -0.147. The highest BCUT2D eigenvalue weighted by Crippen LogP contribution is 2.13. The van der Waals surface area contributed by atoms with E-state index in [-0.39, 0.29) is 62.2 Å². The van der Waals surface area contributed by atoms with Crippen molar-refractivity contribution >= 4 is 35.4 Å². The zero-order valence-corrected chi connectivity index (χ0v) is 20.5. The lowest BCUT2D eigenvalue weighted by Gasteiger charge is -2.11. The molecule has 2 amide bonds. The van der Waals surface area contributed by atoms with Gasteiger partial charge in [0.15, 0.2) is 23.0 Å². The molecule has 38 heavy (non-hydrogen) atoms. The first kappa shape index (κ1) is 27.6. The first-order valence-electron chi connectivity index (χ1n) is 11.7. The Labute approximate surface area is 218 Å². The Bertz CT molecular complexity index is 1170. The van der Waals surface area contributed by atoms with E-state index in [1.165, 1.54) is 0 Å². The van der Waals surface area contributed by atoms with Crippen molar-refractivity contribution in [2.45, 2.75) is 26.1 Å². The molecule has 0 saturated heterocycles. The standard InChI is InChI=1S/C26H28N6O6/c27-23-21(25(35)29-13-11-19(33)37-15-17-7-3-1-4-8-17)31-24(28)22(32-23)26(36)30-14-12-20(34)38-16-18-9-5-2-6-10-18/h1-10H,11-16H2,(H2,28,31)(H2,27,32)(H,29,35)(H,30,36). The van der Waals surface area contributed by atoms with Crippen LogP contribution in [0.1, 0.15) is 44.9 Å². The number of amides is 2. The van der Waals surface area contributed by atoms with Gasteiger partial charge in [0, 0.05) is 13.1 Å². The maximum absolute atomic E-state index is 12.4. The lowest BCUT2D eigenvalue weighted by Crippen LogP contribution is -2.31. The predicted molar refractivity (Wildman–Crippen MR) is 137 cm³/mol. The van der Waals surface area contributed by atoms with Gasteiger partial charge in [-0.25, -0.2) is 9.97 Å². The molecule has 0 bridgehead atoms. The average Bonchev–Trinajstić information content (AvgIpc) is 2.92. The molecule has 1 heterocycles. The summed E-state index contributed by atoms with van der Waals surface area (Å²) in [7, 11) is 0. The Kier molecular flexibility index (Phi) is 10.1. The number of ether oxygens (including phenoxy) is 2. The Morgan fingerprint density at radius 1 is 0.632 bits per heavy atom. The minimum Gasteiger partial charge on any atom is -0.461 e. The van der Waals surface area contributed by atoms with Crippen LogP contribution in [0.25, 0.3) is 0 Å². The molecule has 12 heteroatoms. The summed E-state index contributed by atoms with van der Waals surface area (Å²) in [6, 6.07) is 18.3. The monoisotopic (exact) mass is 520 g/mol. The van der Waals surface area contributed by atoms with Crippen LogP contribution in [-0.4, -0.2) is 46.8 Å². The fraction of sp³-hybridized carbons (Fsp3) is 0.231. The van der Waals surface area contributed by atoms with Gasteiger partial charge in [-0.15, -0.1) is 0 Å². The first-order valence-corrected chi connectivity index (χ1v) is 11.7. The fourth-order valence-corrected chi connectivity index (χ4v) is 3.14. The number of nitrogens with zero attached hydrogens (tertiary/aromatic N) is 2. The second-order valence-electron chi connectivity index (χ2n) is 8.00. The molecule has 2 aromatic carbocycles. The van der Waals surface area contributed by atoms with Crippen molar-refractivity contribution in [3.05, 3.63) is 83.2 Å². The number of anilines is 2. The second-order valence-corrected chi connectivity index (χ2v) is 8.00. The third-order valence-corrected chi connectivity index (χ3v) is 5.09. The van der Waals surface area contributed by atoms with Gasteiger partial charge < -0.3 is 31.6 Å². The molecule has 12 nitrogen and oxygen atoms in total. The number of esters is 2. The number of aromatic nitrogens is 2. The van der Waals surface area contributed by atoms with E-state index in [0.29, 0.717) is 0 Å². The van der Waals surface area contributed by atoms with Crippen molar-refractivity contribution in [3.8, 4) is 0 Å². The SMILES string of the molecule is Nc1nc(C(=O)NCCC(=O)OCc2ccccc2)c(N)nc1C(=O)NCCC(=O)OCc1ccccc1. The highest BCUT2D eigenvalue weighted by atomic mass is 16.5. The summed E-state index contributed by atoms with van der Waals surface area (Å²) >= 11 is 0. The van der Waals surface area contributed by atoms with Gasteiger partial charge in [0.05, 0.1) is 12.8 Å². The van der Waals surface area contributed by atoms with Gasteiger partial charge >= 0.3 is 11.9 Å². The van der Waals surface area contributed by atoms with Crippen LogP contribution in [0.3, 0.4) is 0 Å². The molecule has 0 saturated carbocycles. The highest BCUT2D eigenvalue weighted by Gasteiger charge is 2.20. The quantitative estimate of drug-likeness (QED) is 0.254. The Morgan fingerprint density at radius 2 is 1.00 bits per heavy atom. The van der Waals surface area contributed by atoms with E-state index in [4.69, 9.17) is 20.9 Å². The topological polar surface area (TPSA) is 189 Å². The molecule has 0 atom stereocenters. The Hall–Kier alpha value is -5.00. The molecule has 0 spiro atoms. The number of nitrogen functional groups attached to an aromatic ring is 2. The number of carbonyl (C=O) groups excluding carboxylic acids is 4. The molecule has 3 rings (SSSR count). The normalized spacial score (nSPS) is 10.3. The molecule has 0 aliphatic rings. The lowest BCUT2D eigenvalue weighted by atomic mass is 10.2. The number of rotatable bonds is 12. The van der Waals surface area contributed by atoms with Crippen molar-refractivity contribution in [2.75, 3.05) is 24.6 Å². The van der Waals surface area contributed by atoms with E-state index in [1.54, 1.807) is 0 Å². The van der Waals surface area contributed by atoms with Crippen LogP contribution < -0.4 is 22.1 Å². The first-order chi connectivity index (χ1) is 18.3. The highest BCUT2D eigenvalue weighted by molar-refractivity contribution is 6.01. The molecule has 3 aromatic rings. The summed E-state index contributed by atoms with van der Waals surface area (Å²) in [5.41, 5.74) is 12.7. The largest absolute Gasteiger partial charge is 0.461 e. The minimum absolute atomic E-state index is 0.0317. The van der Waals surface area contributed by atoms with Gasteiger partial charge in [0.25, 0.3) is 11.8 Å². The molecule has 1 aromatic heterocycles.